The van der Waals surface area contributed by atoms with Gasteiger partial charge in [0, 0.05) is 42.0 Å². The van der Waals surface area contributed by atoms with Gasteiger partial charge in [-0.3, -0.25) is 4.98 Å². The number of nitrogens with zero attached hydrogens (tertiary/aromatic N) is 4. The quantitative estimate of drug-likeness (QED) is 0.794. The highest BCUT2D eigenvalue weighted by Gasteiger charge is 2.25. The number of aryl methyl sites for hydroxylation is 1. The first-order chi connectivity index (χ1) is 10.8. The molecule has 23 heavy (non-hydrogen) atoms. The number of rotatable bonds is 3. The van der Waals surface area contributed by atoms with Gasteiger partial charge < -0.3 is 5.32 Å². The molecule has 1 N–H and O–H groups in total. The van der Waals surface area contributed by atoms with Crippen LogP contribution in [0.15, 0.2) is 12.3 Å². The van der Waals surface area contributed by atoms with Crippen molar-refractivity contribution in [3.05, 3.63) is 18.0 Å². The van der Waals surface area contributed by atoms with Crippen LogP contribution in [0.25, 0.3) is 10.9 Å². The van der Waals surface area contributed by atoms with Crippen molar-refractivity contribution in [3.8, 4) is 0 Å². The van der Waals surface area contributed by atoms with Gasteiger partial charge in [-0.2, -0.15) is 0 Å². The zero-order valence-corrected chi connectivity index (χ0v) is 14.0. The van der Waals surface area contributed by atoms with Gasteiger partial charge >= 0.3 is 0 Å². The molecular formula is C14H18BN5O2S. The molecule has 0 amide bonds. The fourth-order valence-electron chi connectivity index (χ4n) is 2.79. The Balaban J connectivity index is 1.73. The van der Waals surface area contributed by atoms with E-state index < -0.39 is 10.0 Å². The summed E-state index contributed by atoms with van der Waals surface area (Å²) in [5.41, 5.74) is 1.84. The number of fused-ring (bicyclic) bond motifs is 1. The molecular weight excluding hydrogens is 313 g/mol. The largest absolute Gasteiger partial charge is 0.351 e. The Kier molecular flexibility index (Phi) is 4.24. The number of sulfonamides is 1. The molecule has 0 unspecified atom stereocenters. The third-order valence-electron chi connectivity index (χ3n) is 3.98. The van der Waals surface area contributed by atoms with Gasteiger partial charge in [0.15, 0.2) is 0 Å². The predicted octanol–water partition coefficient (Wildman–Crippen LogP) is -0.0371. The van der Waals surface area contributed by atoms with E-state index in [1.54, 1.807) is 6.20 Å². The molecule has 2 aromatic rings. The van der Waals surface area contributed by atoms with Crippen molar-refractivity contribution >= 4 is 40.3 Å². The summed E-state index contributed by atoms with van der Waals surface area (Å²) in [5.74, 6) is 0.493. The average molecular weight is 331 g/mol. The Morgan fingerprint density at radius 1 is 1.30 bits per heavy atom. The molecule has 0 atom stereocenters. The fourth-order valence-corrected chi connectivity index (χ4v) is 3.66. The zero-order chi connectivity index (χ0) is 16.6. The summed E-state index contributed by atoms with van der Waals surface area (Å²) in [4.78, 5) is 13.0. The first-order valence-corrected chi connectivity index (χ1v) is 9.29. The summed E-state index contributed by atoms with van der Waals surface area (Å²) in [7, 11) is 2.81. The normalized spacial score (nSPS) is 17.5. The number of hydrogen-bond donors (Lipinski definition) is 1. The van der Waals surface area contributed by atoms with Crippen molar-refractivity contribution in [2.75, 3.05) is 24.7 Å². The molecule has 3 heterocycles. The summed E-state index contributed by atoms with van der Waals surface area (Å²) in [5, 5.41) is 4.11. The minimum atomic E-state index is -3.11. The number of nitrogens with one attached hydrogen (secondary N) is 1. The van der Waals surface area contributed by atoms with Gasteiger partial charge in [-0.1, -0.05) is 0 Å². The lowest BCUT2D eigenvalue weighted by Gasteiger charge is -2.30. The Morgan fingerprint density at radius 2 is 2.00 bits per heavy atom. The average Bonchev–Trinajstić information content (AvgIpc) is 2.47. The zero-order valence-electron chi connectivity index (χ0n) is 13.2. The van der Waals surface area contributed by atoms with Crippen LogP contribution < -0.4 is 10.9 Å². The van der Waals surface area contributed by atoms with Gasteiger partial charge in [-0.05, 0) is 25.8 Å². The second kappa shape index (κ2) is 6.05. The molecule has 0 aliphatic carbocycles. The van der Waals surface area contributed by atoms with E-state index >= 15 is 0 Å². The molecule has 0 spiro atoms. The van der Waals surface area contributed by atoms with Crippen LogP contribution in [-0.4, -0.2) is 60.9 Å². The molecule has 1 aliphatic heterocycles. The Bertz CT molecular complexity index is 834. The Hall–Kier alpha value is -1.74. The predicted molar refractivity (Wildman–Crippen MR) is 90.5 cm³/mol. The maximum Gasteiger partial charge on any atom is 0.223 e. The molecule has 1 fully saturated rings. The molecule has 2 radical (unpaired) electrons. The lowest BCUT2D eigenvalue weighted by Crippen LogP contribution is -2.42. The van der Waals surface area contributed by atoms with Crippen LogP contribution >= 0.6 is 0 Å². The minimum Gasteiger partial charge on any atom is -0.351 e. The maximum absolute atomic E-state index is 11.5. The molecule has 120 valence electrons. The third kappa shape index (κ3) is 3.61. The molecule has 9 heteroatoms. The lowest BCUT2D eigenvalue weighted by molar-refractivity contribution is 0.331. The summed E-state index contributed by atoms with van der Waals surface area (Å²) in [6, 6.07) is 2.03. The van der Waals surface area contributed by atoms with Crippen LogP contribution in [-0.2, 0) is 10.0 Å². The van der Waals surface area contributed by atoms with E-state index in [1.165, 1.54) is 10.6 Å². The summed E-state index contributed by atoms with van der Waals surface area (Å²) in [6.07, 6.45) is 4.40. The van der Waals surface area contributed by atoms with E-state index in [-0.39, 0.29) is 6.04 Å². The van der Waals surface area contributed by atoms with E-state index in [9.17, 15) is 8.42 Å². The van der Waals surface area contributed by atoms with Crippen LogP contribution in [0.4, 0.5) is 5.95 Å². The molecule has 1 saturated heterocycles. The third-order valence-corrected chi connectivity index (χ3v) is 5.28. The topological polar surface area (TPSA) is 88.1 Å². The lowest BCUT2D eigenvalue weighted by atomic mass is 10.0. The van der Waals surface area contributed by atoms with Crippen molar-refractivity contribution in [3.63, 3.8) is 0 Å². The standard InChI is InChI=1S/C14H18BN5O2S/c1-9-7-10-8-16-14(19-12(10)13(15)17-9)18-11-3-5-20(6-4-11)23(2,21)22/h7-8,11H,3-6H2,1-2H3,(H,16,18,19). The SMILES string of the molecule is [B]c1nc(C)cc2cnc(NC3CCN(S(C)(=O)=O)CC3)nc12. The summed E-state index contributed by atoms with van der Waals surface area (Å²) >= 11 is 0. The highest BCUT2D eigenvalue weighted by molar-refractivity contribution is 7.88. The van der Waals surface area contributed by atoms with Gasteiger partial charge in [0.05, 0.1) is 11.8 Å². The first-order valence-electron chi connectivity index (χ1n) is 7.44. The summed E-state index contributed by atoms with van der Waals surface area (Å²) in [6.45, 7) is 2.89. The van der Waals surface area contributed by atoms with Gasteiger partial charge in [0.25, 0.3) is 0 Å². The second-order valence-corrected chi connectivity index (χ2v) is 7.84. The molecule has 3 rings (SSSR count). The molecule has 1 aliphatic rings. The first kappa shape index (κ1) is 16.1. The van der Waals surface area contributed by atoms with Crippen LogP contribution in [0.1, 0.15) is 18.5 Å². The van der Waals surface area contributed by atoms with Gasteiger partial charge in [-0.25, -0.2) is 22.7 Å². The van der Waals surface area contributed by atoms with E-state index in [0.29, 0.717) is 30.1 Å². The van der Waals surface area contributed by atoms with E-state index in [1.807, 2.05) is 13.0 Å². The van der Waals surface area contributed by atoms with Crippen molar-refractivity contribution in [1.29, 1.82) is 0 Å². The molecule has 0 saturated carbocycles. The number of aromatic nitrogens is 3. The highest BCUT2D eigenvalue weighted by atomic mass is 32.2. The Labute approximate surface area is 137 Å². The number of pyridine rings is 1. The van der Waals surface area contributed by atoms with E-state index in [4.69, 9.17) is 7.85 Å². The minimum absolute atomic E-state index is 0.144. The maximum atomic E-state index is 11.5. The van der Waals surface area contributed by atoms with Gasteiger partial charge in [0.1, 0.15) is 7.85 Å². The molecule has 0 aromatic carbocycles. The molecule has 7 nitrogen and oxygen atoms in total. The fraction of sp³-hybridized carbons (Fsp3) is 0.500. The molecule has 2 aromatic heterocycles. The van der Waals surface area contributed by atoms with Crippen molar-refractivity contribution < 1.29 is 8.42 Å². The number of hydrogen-bond acceptors (Lipinski definition) is 6. The van der Waals surface area contributed by atoms with E-state index in [0.717, 1.165) is 23.9 Å². The molecule has 0 bridgehead atoms. The number of anilines is 1. The van der Waals surface area contributed by atoms with Crippen LogP contribution in [0.5, 0.6) is 0 Å². The van der Waals surface area contributed by atoms with Crippen LogP contribution in [0, 0.1) is 6.92 Å². The van der Waals surface area contributed by atoms with Crippen molar-refractivity contribution in [2.45, 2.75) is 25.8 Å². The van der Waals surface area contributed by atoms with Crippen molar-refractivity contribution in [2.24, 2.45) is 0 Å². The van der Waals surface area contributed by atoms with Crippen LogP contribution in [0.2, 0.25) is 0 Å². The number of piperidine rings is 1. The smallest absolute Gasteiger partial charge is 0.223 e. The van der Waals surface area contributed by atoms with Crippen molar-refractivity contribution in [1.82, 2.24) is 19.3 Å². The highest BCUT2D eigenvalue weighted by Crippen LogP contribution is 2.17. The van der Waals surface area contributed by atoms with Gasteiger partial charge in [0.2, 0.25) is 16.0 Å². The second-order valence-electron chi connectivity index (χ2n) is 5.86. The van der Waals surface area contributed by atoms with Gasteiger partial charge in [-0.15, -0.1) is 0 Å². The summed E-state index contributed by atoms with van der Waals surface area (Å²) < 4.78 is 24.5. The monoisotopic (exact) mass is 331 g/mol. The Morgan fingerprint density at radius 3 is 2.65 bits per heavy atom. The van der Waals surface area contributed by atoms with E-state index in [2.05, 4.69) is 20.3 Å². The van der Waals surface area contributed by atoms with Crippen LogP contribution in [0.3, 0.4) is 0 Å².